The van der Waals surface area contributed by atoms with Gasteiger partial charge in [-0.15, -0.1) is 0 Å². The second kappa shape index (κ2) is 5.61. The molecule has 86 valence electrons. The van der Waals surface area contributed by atoms with Crippen LogP contribution in [0.25, 0.3) is 0 Å². The van der Waals surface area contributed by atoms with Gasteiger partial charge in [0.15, 0.2) is 0 Å². The summed E-state index contributed by atoms with van der Waals surface area (Å²) < 4.78 is 47.2. The van der Waals surface area contributed by atoms with Crippen LogP contribution in [0.3, 0.4) is 0 Å². The van der Waals surface area contributed by atoms with E-state index in [0.717, 1.165) is 0 Å². The molecule has 0 bridgehead atoms. The minimum Gasteiger partial charge on any atom is -0.229 e. The molecule has 4 N–H and O–H groups in total. The van der Waals surface area contributed by atoms with E-state index < -0.39 is 26.0 Å². The lowest BCUT2D eigenvalue weighted by Crippen LogP contribution is -2.39. The average molecular weight is 245 g/mol. The maximum absolute atomic E-state index is 11.0. The summed E-state index contributed by atoms with van der Waals surface area (Å²) in [6, 6.07) is 0. The monoisotopic (exact) mass is 245 g/mol. The van der Waals surface area contributed by atoms with E-state index in [2.05, 4.69) is 14.6 Å². The summed E-state index contributed by atoms with van der Waals surface area (Å²) in [5, 5.41) is 4.68. The van der Waals surface area contributed by atoms with E-state index in [1.807, 2.05) is 6.92 Å². The van der Waals surface area contributed by atoms with Crippen LogP contribution in [0.15, 0.2) is 0 Å². The molecular formula is C5H15N3O4S2. The highest BCUT2D eigenvalue weighted by atomic mass is 32.2. The molecule has 0 spiro atoms. The van der Waals surface area contributed by atoms with E-state index >= 15 is 0 Å². The third-order valence-corrected chi connectivity index (χ3v) is 3.16. The van der Waals surface area contributed by atoms with E-state index in [1.165, 1.54) is 0 Å². The number of hydrogen-bond acceptors (Lipinski definition) is 4. The molecule has 7 nitrogen and oxygen atoms in total. The molecule has 0 aromatic carbocycles. The summed E-state index contributed by atoms with van der Waals surface area (Å²) in [6.07, 6.45) is 0.663. The van der Waals surface area contributed by atoms with Gasteiger partial charge in [0.05, 0.1) is 5.75 Å². The summed E-state index contributed by atoms with van der Waals surface area (Å²) in [5.41, 5.74) is 0. The molecule has 0 radical (unpaired) electrons. The highest BCUT2D eigenvalue weighted by molar-refractivity contribution is 7.89. The van der Waals surface area contributed by atoms with Gasteiger partial charge < -0.3 is 0 Å². The Morgan fingerprint density at radius 1 is 1.07 bits per heavy atom. The predicted molar refractivity (Wildman–Crippen MR) is 53.2 cm³/mol. The van der Waals surface area contributed by atoms with Gasteiger partial charge in [-0.05, 0) is 6.42 Å². The van der Waals surface area contributed by atoms with Gasteiger partial charge >= 0.3 is 0 Å². The third-order valence-electron chi connectivity index (χ3n) is 1.22. The van der Waals surface area contributed by atoms with Crippen LogP contribution >= 0.6 is 0 Å². The van der Waals surface area contributed by atoms with Crippen LogP contribution in [-0.4, -0.2) is 35.7 Å². The van der Waals surface area contributed by atoms with Crippen molar-refractivity contribution < 1.29 is 16.8 Å². The van der Waals surface area contributed by atoms with E-state index in [-0.39, 0.29) is 6.54 Å². The Bertz CT molecular complexity index is 347. The number of nitrogens with two attached hydrogens (primary N) is 1. The van der Waals surface area contributed by atoms with Crippen LogP contribution in [0.1, 0.15) is 13.3 Å². The smallest absolute Gasteiger partial charge is 0.229 e. The third kappa shape index (κ3) is 8.38. The molecule has 0 aliphatic carbocycles. The van der Waals surface area contributed by atoms with Crippen LogP contribution in [0.5, 0.6) is 0 Å². The lowest BCUT2D eigenvalue weighted by atomic mass is 10.5. The summed E-state index contributed by atoms with van der Waals surface area (Å²) in [5.74, 6) is -0.417. The Kier molecular flexibility index (Phi) is 5.52. The van der Waals surface area contributed by atoms with Crippen molar-refractivity contribution in [3.05, 3.63) is 0 Å². The van der Waals surface area contributed by atoms with Crippen molar-refractivity contribution in [2.75, 3.05) is 18.8 Å². The van der Waals surface area contributed by atoms with Crippen LogP contribution in [0, 0.1) is 0 Å². The number of rotatable bonds is 7. The Hall–Kier alpha value is -0.220. The van der Waals surface area contributed by atoms with E-state index in [1.54, 1.807) is 0 Å². The fraction of sp³-hybridized carbons (Fsp3) is 1.00. The molecule has 0 atom stereocenters. The first-order valence-corrected chi connectivity index (χ1v) is 7.21. The molecular weight excluding hydrogens is 230 g/mol. The number of sulfonamides is 1. The SMILES string of the molecule is CCCNS(=O)(=O)NCCS(N)(=O)=O. The number of hydrogen-bond donors (Lipinski definition) is 3. The molecule has 0 rings (SSSR count). The van der Waals surface area contributed by atoms with Gasteiger partial charge in [0, 0.05) is 13.1 Å². The van der Waals surface area contributed by atoms with Crippen LogP contribution in [0.2, 0.25) is 0 Å². The quantitative estimate of drug-likeness (QED) is 0.486. The maximum Gasteiger partial charge on any atom is 0.276 e. The molecule has 0 heterocycles. The lowest BCUT2D eigenvalue weighted by Gasteiger charge is -2.05. The zero-order chi connectivity index (χ0) is 11.2. The summed E-state index contributed by atoms with van der Waals surface area (Å²) in [7, 11) is -7.21. The molecule has 0 saturated carbocycles. The molecule has 0 aliphatic rings. The minimum absolute atomic E-state index is 0.224. The van der Waals surface area contributed by atoms with E-state index in [4.69, 9.17) is 0 Å². The molecule has 0 unspecified atom stereocenters. The van der Waals surface area contributed by atoms with Crippen LogP contribution in [-0.2, 0) is 20.2 Å². The van der Waals surface area contributed by atoms with Gasteiger partial charge in [-0.2, -0.15) is 8.42 Å². The Morgan fingerprint density at radius 3 is 2.00 bits per heavy atom. The highest BCUT2D eigenvalue weighted by Crippen LogP contribution is 1.80. The van der Waals surface area contributed by atoms with Crippen molar-refractivity contribution in [1.29, 1.82) is 0 Å². The normalized spacial score (nSPS) is 13.0. The first-order chi connectivity index (χ1) is 6.27. The van der Waals surface area contributed by atoms with Crippen molar-refractivity contribution >= 4 is 20.2 Å². The van der Waals surface area contributed by atoms with Crippen molar-refractivity contribution in [2.24, 2.45) is 5.14 Å². The molecule has 14 heavy (non-hydrogen) atoms. The molecule has 0 fully saturated rings. The molecule has 0 aliphatic heterocycles. The molecule has 9 heteroatoms. The van der Waals surface area contributed by atoms with E-state index in [0.29, 0.717) is 13.0 Å². The molecule has 0 aromatic heterocycles. The summed E-state index contributed by atoms with van der Waals surface area (Å²) in [4.78, 5) is 0. The van der Waals surface area contributed by atoms with Crippen LogP contribution < -0.4 is 14.6 Å². The van der Waals surface area contributed by atoms with Gasteiger partial charge in [-0.1, -0.05) is 6.92 Å². The number of nitrogens with one attached hydrogen (secondary N) is 2. The van der Waals surface area contributed by atoms with Gasteiger partial charge in [-0.3, -0.25) is 0 Å². The molecule has 0 saturated heterocycles. The Morgan fingerprint density at radius 2 is 1.57 bits per heavy atom. The zero-order valence-electron chi connectivity index (χ0n) is 7.86. The summed E-state index contributed by atoms with van der Waals surface area (Å²) >= 11 is 0. The molecule has 0 amide bonds. The standard InChI is InChI=1S/C5H15N3O4S2/c1-2-3-7-14(11,12)8-4-5-13(6,9)10/h7-8H,2-5H2,1H3,(H2,6,9,10). The second-order valence-corrected chi connectivity index (χ2v) is 5.98. The van der Waals surface area contributed by atoms with Gasteiger partial charge in [0.2, 0.25) is 10.0 Å². The largest absolute Gasteiger partial charge is 0.276 e. The second-order valence-electron chi connectivity index (χ2n) is 2.66. The first kappa shape index (κ1) is 13.8. The van der Waals surface area contributed by atoms with Crippen molar-refractivity contribution in [1.82, 2.24) is 9.44 Å². The minimum atomic E-state index is -3.62. The first-order valence-electron chi connectivity index (χ1n) is 4.01. The topological polar surface area (TPSA) is 118 Å². The van der Waals surface area contributed by atoms with Gasteiger partial charge in [-0.25, -0.2) is 23.0 Å². The fourth-order valence-electron chi connectivity index (χ4n) is 0.606. The Labute approximate surface area is 84.3 Å². The maximum atomic E-state index is 11.0. The summed E-state index contributed by atoms with van der Waals surface area (Å²) in [6.45, 7) is 1.90. The number of primary sulfonamides is 1. The van der Waals surface area contributed by atoms with Gasteiger partial charge in [0.1, 0.15) is 0 Å². The Balaban J connectivity index is 3.89. The lowest BCUT2D eigenvalue weighted by molar-refractivity contribution is 0.567. The van der Waals surface area contributed by atoms with Crippen molar-refractivity contribution in [3.8, 4) is 0 Å². The average Bonchev–Trinajstić information content (AvgIpc) is 1.98. The van der Waals surface area contributed by atoms with Crippen LogP contribution in [0.4, 0.5) is 0 Å². The predicted octanol–water partition coefficient (Wildman–Crippen LogP) is -1.89. The highest BCUT2D eigenvalue weighted by Gasteiger charge is 2.09. The van der Waals surface area contributed by atoms with Gasteiger partial charge in [0.25, 0.3) is 10.2 Å². The fourth-order valence-corrected chi connectivity index (χ4v) is 2.07. The zero-order valence-corrected chi connectivity index (χ0v) is 9.49. The van der Waals surface area contributed by atoms with Crippen molar-refractivity contribution in [3.63, 3.8) is 0 Å². The van der Waals surface area contributed by atoms with E-state index in [9.17, 15) is 16.8 Å². The molecule has 0 aromatic rings. The van der Waals surface area contributed by atoms with Crippen molar-refractivity contribution in [2.45, 2.75) is 13.3 Å².